The normalized spacial score (nSPS) is 15.2. The zero-order valence-electron chi connectivity index (χ0n) is 16.2. The van der Waals surface area contributed by atoms with Crippen LogP contribution in [0.25, 0.3) is 6.08 Å². The molecule has 2 aromatic carbocycles. The minimum Gasteiger partial charge on any atom is -0.340 e. The maximum atomic E-state index is 12.4. The van der Waals surface area contributed by atoms with Crippen molar-refractivity contribution in [1.82, 2.24) is 15.1 Å². The van der Waals surface area contributed by atoms with Gasteiger partial charge in [-0.2, -0.15) is 0 Å². The molecule has 0 saturated carbocycles. The summed E-state index contributed by atoms with van der Waals surface area (Å²) in [5, 5.41) is 4.08. The van der Waals surface area contributed by atoms with Gasteiger partial charge in [-0.05, 0) is 23.3 Å². The zero-order valence-corrected chi connectivity index (χ0v) is 16.9. The van der Waals surface area contributed by atoms with Crippen molar-refractivity contribution in [3.63, 3.8) is 0 Å². The molecule has 1 saturated heterocycles. The molecule has 1 N–H and O–H groups in total. The number of hydrogen-bond acceptors (Lipinski definition) is 3. The fraction of sp³-hybridized carbons (Fsp3) is 0.348. The first-order valence-electron chi connectivity index (χ1n) is 9.87. The largest absolute Gasteiger partial charge is 0.340 e. The van der Waals surface area contributed by atoms with Gasteiger partial charge in [-0.25, -0.2) is 0 Å². The summed E-state index contributed by atoms with van der Waals surface area (Å²) in [6.07, 6.45) is 4.90. The summed E-state index contributed by atoms with van der Waals surface area (Å²) in [4.78, 5) is 16.8. The second-order valence-corrected chi connectivity index (χ2v) is 7.48. The summed E-state index contributed by atoms with van der Waals surface area (Å²) in [6, 6.07) is 18.1. The summed E-state index contributed by atoms with van der Waals surface area (Å²) in [5.41, 5.74) is 2.40. The van der Waals surface area contributed by atoms with Crippen LogP contribution in [0.4, 0.5) is 0 Å². The van der Waals surface area contributed by atoms with E-state index in [1.165, 1.54) is 11.1 Å². The lowest BCUT2D eigenvalue weighted by molar-refractivity contribution is -0.132. The summed E-state index contributed by atoms with van der Waals surface area (Å²) in [5.74, 6) is 0.239. The minimum absolute atomic E-state index is 0.239. The average Bonchev–Trinajstić information content (AvgIpc) is 2.73. The lowest BCUT2D eigenvalue weighted by Gasteiger charge is -2.34. The molecular weight excluding hydrogens is 370 g/mol. The molecule has 1 aliphatic rings. The van der Waals surface area contributed by atoms with Gasteiger partial charge in [0.25, 0.3) is 0 Å². The Hall–Kier alpha value is -2.14. The van der Waals surface area contributed by atoms with E-state index < -0.39 is 0 Å². The van der Waals surface area contributed by atoms with Crippen LogP contribution in [0, 0.1) is 0 Å². The van der Waals surface area contributed by atoms with Crippen molar-refractivity contribution in [1.29, 1.82) is 0 Å². The van der Waals surface area contributed by atoms with E-state index in [4.69, 9.17) is 11.6 Å². The van der Waals surface area contributed by atoms with Gasteiger partial charge in [0.05, 0.1) is 0 Å². The minimum atomic E-state index is 0.239. The van der Waals surface area contributed by atoms with E-state index in [9.17, 15) is 4.79 Å². The van der Waals surface area contributed by atoms with Crippen molar-refractivity contribution in [2.75, 3.05) is 39.3 Å². The summed E-state index contributed by atoms with van der Waals surface area (Å²) < 4.78 is 0. The highest BCUT2D eigenvalue weighted by Gasteiger charge is 2.19. The van der Waals surface area contributed by atoms with Gasteiger partial charge in [-0.15, -0.1) is 0 Å². The Bertz CT molecular complexity index is 753. The van der Waals surface area contributed by atoms with Gasteiger partial charge >= 0.3 is 0 Å². The highest BCUT2D eigenvalue weighted by Crippen LogP contribution is 2.09. The standard InChI is InChI=1S/C23H28ClN3O/c24-22-10-8-21(9-11-22)19-25-13-12-23(28)27-17-15-26(16-18-27)14-4-7-20-5-2-1-3-6-20/h1-11,25H,12-19H2/b7-4+. The van der Waals surface area contributed by atoms with Gasteiger partial charge in [-0.1, -0.05) is 66.2 Å². The molecule has 4 nitrogen and oxygen atoms in total. The molecule has 0 aliphatic carbocycles. The van der Waals surface area contributed by atoms with E-state index in [-0.39, 0.29) is 5.91 Å². The summed E-state index contributed by atoms with van der Waals surface area (Å²) in [7, 11) is 0. The third-order valence-corrected chi connectivity index (χ3v) is 5.21. The van der Waals surface area contributed by atoms with Crippen LogP contribution in [-0.4, -0.2) is 55.0 Å². The third-order valence-electron chi connectivity index (χ3n) is 4.96. The number of carbonyl (C=O) groups is 1. The van der Waals surface area contributed by atoms with Crippen LogP contribution in [0.3, 0.4) is 0 Å². The second-order valence-electron chi connectivity index (χ2n) is 7.05. The van der Waals surface area contributed by atoms with Crippen LogP contribution in [0.1, 0.15) is 17.5 Å². The highest BCUT2D eigenvalue weighted by molar-refractivity contribution is 6.30. The first-order chi connectivity index (χ1) is 13.7. The number of rotatable bonds is 8. The van der Waals surface area contributed by atoms with E-state index in [0.29, 0.717) is 13.0 Å². The van der Waals surface area contributed by atoms with Crippen LogP contribution in [-0.2, 0) is 11.3 Å². The molecule has 0 bridgehead atoms. The molecule has 0 unspecified atom stereocenters. The molecule has 2 aromatic rings. The molecular formula is C23H28ClN3O. The smallest absolute Gasteiger partial charge is 0.223 e. The molecule has 0 radical (unpaired) electrons. The summed E-state index contributed by atoms with van der Waals surface area (Å²) in [6.45, 7) is 5.88. The van der Waals surface area contributed by atoms with Gasteiger partial charge in [0.15, 0.2) is 0 Å². The molecule has 1 aliphatic heterocycles. The third kappa shape index (κ3) is 6.79. The number of nitrogens with one attached hydrogen (secondary N) is 1. The fourth-order valence-electron chi connectivity index (χ4n) is 3.27. The highest BCUT2D eigenvalue weighted by atomic mass is 35.5. The van der Waals surface area contributed by atoms with Crippen LogP contribution in [0.2, 0.25) is 5.02 Å². The molecule has 5 heteroatoms. The van der Waals surface area contributed by atoms with E-state index in [1.807, 2.05) is 47.4 Å². The van der Waals surface area contributed by atoms with Crippen molar-refractivity contribution in [2.24, 2.45) is 0 Å². The van der Waals surface area contributed by atoms with Crippen molar-refractivity contribution < 1.29 is 4.79 Å². The van der Waals surface area contributed by atoms with Crippen molar-refractivity contribution >= 4 is 23.6 Å². The van der Waals surface area contributed by atoms with Crippen LogP contribution in [0.5, 0.6) is 0 Å². The Balaban J connectivity index is 1.30. The van der Waals surface area contributed by atoms with Gasteiger partial charge in [0, 0.05) is 57.3 Å². The molecule has 3 rings (SSSR count). The Morgan fingerprint density at radius 2 is 1.71 bits per heavy atom. The molecule has 0 spiro atoms. The van der Waals surface area contributed by atoms with E-state index in [2.05, 4.69) is 34.5 Å². The SMILES string of the molecule is O=C(CCNCc1ccc(Cl)cc1)N1CCN(C/C=C/c2ccccc2)CC1. The number of nitrogens with zero attached hydrogens (tertiary/aromatic N) is 2. The lowest BCUT2D eigenvalue weighted by Crippen LogP contribution is -2.49. The van der Waals surface area contributed by atoms with E-state index >= 15 is 0 Å². The van der Waals surface area contributed by atoms with Crippen LogP contribution >= 0.6 is 11.6 Å². The molecule has 1 fully saturated rings. The number of amides is 1. The van der Waals surface area contributed by atoms with E-state index in [1.54, 1.807) is 0 Å². The van der Waals surface area contributed by atoms with Gasteiger partial charge < -0.3 is 10.2 Å². The number of halogens is 1. The van der Waals surface area contributed by atoms with Gasteiger partial charge in [-0.3, -0.25) is 9.69 Å². The van der Waals surface area contributed by atoms with E-state index in [0.717, 1.165) is 44.3 Å². The molecule has 0 aromatic heterocycles. The van der Waals surface area contributed by atoms with Gasteiger partial charge in [0.1, 0.15) is 0 Å². The average molecular weight is 398 g/mol. The molecule has 1 heterocycles. The molecule has 0 atom stereocenters. The maximum Gasteiger partial charge on any atom is 0.223 e. The fourth-order valence-corrected chi connectivity index (χ4v) is 3.40. The number of benzene rings is 2. The van der Waals surface area contributed by atoms with Crippen LogP contribution in [0.15, 0.2) is 60.7 Å². The predicted octanol–water partition coefficient (Wildman–Crippen LogP) is 3.68. The zero-order chi connectivity index (χ0) is 19.6. The Labute approximate surface area is 172 Å². The Kier molecular flexibility index (Phi) is 8.09. The van der Waals surface area contributed by atoms with Crippen LogP contribution < -0.4 is 5.32 Å². The second kappa shape index (κ2) is 11.0. The number of carbonyl (C=O) groups excluding carboxylic acids is 1. The quantitative estimate of drug-likeness (QED) is 0.690. The summed E-state index contributed by atoms with van der Waals surface area (Å²) >= 11 is 5.89. The predicted molar refractivity (Wildman–Crippen MR) is 116 cm³/mol. The number of piperazine rings is 1. The molecule has 148 valence electrons. The maximum absolute atomic E-state index is 12.4. The van der Waals surface area contributed by atoms with Crippen molar-refractivity contribution in [3.8, 4) is 0 Å². The lowest BCUT2D eigenvalue weighted by atomic mass is 10.2. The van der Waals surface area contributed by atoms with Gasteiger partial charge in [0.2, 0.25) is 5.91 Å². The Morgan fingerprint density at radius 3 is 2.43 bits per heavy atom. The molecule has 28 heavy (non-hydrogen) atoms. The topological polar surface area (TPSA) is 35.6 Å². The van der Waals surface area contributed by atoms with Crippen molar-refractivity contribution in [3.05, 3.63) is 76.8 Å². The monoisotopic (exact) mass is 397 g/mol. The first kappa shape index (κ1) is 20.6. The molecule has 1 amide bonds. The first-order valence-corrected chi connectivity index (χ1v) is 10.3. The van der Waals surface area contributed by atoms with Crippen molar-refractivity contribution in [2.45, 2.75) is 13.0 Å². The number of hydrogen-bond donors (Lipinski definition) is 1. The Morgan fingerprint density at radius 1 is 1.00 bits per heavy atom.